The molecule has 1 aromatic carbocycles. The van der Waals surface area contributed by atoms with Gasteiger partial charge >= 0.3 is 0 Å². The van der Waals surface area contributed by atoms with Crippen molar-refractivity contribution in [2.75, 3.05) is 13.7 Å². The summed E-state index contributed by atoms with van der Waals surface area (Å²) >= 11 is 3.20. The van der Waals surface area contributed by atoms with Gasteiger partial charge < -0.3 is 10.1 Å². The van der Waals surface area contributed by atoms with Gasteiger partial charge in [-0.2, -0.15) is 0 Å². The van der Waals surface area contributed by atoms with E-state index in [1.807, 2.05) is 6.92 Å². The van der Waals surface area contributed by atoms with E-state index in [0.717, 1.165) is 25.5 Å². The molecule has 17 heavy (non-hydrogen) atoms. The van der Waals surface area contributed by atoms with Crippen molar-refractivity contribution in [3.05, 3.63) is 27.7 Å². The largest absolute Gasteiger partial charge is 0.495 e. The molecule has 1 heterocycles. The van der Waals surface area contributed by atoms with E-state index in [-0.39, 0.29) is 5.56 Å². The van der Waals surface area contributed by atoms with Gasteiger partial charge in [0.25, 0.3) is 0 Å². The first-order valence-corrected chi connectivity index (χ1v) is 6.26. The van der Waals surface area contributed by atoms with E-state index in [1.165, 1.54) is 7.11 Å². The smallest absolute Gasteiger partial charge is 0.167 e. The summed E-state index contributed by atoms with van der Waals surface area (Å²) in [6.45, 7) is 2.67. The number of ether oxygens (including phenoxy) is 1. The Hall–Kier alpha value is -0.680. The SMILES string of the molecule is COc1c(Br)cc(F)c(F)c1C1(C)CCCN1. The molecule has 0 radical (unpaired) electrons. The Morgan fingerprint density at radius 1 is 1.47 bits per heavy atom. The third kappa shape index (κ3) is 2.06. The summed E-state index contributed by atoms with van der Waals surface area (Å²) < 4.78 is 33.1. The molecule has 1 fully saturated rings. The van der Waals surface area contributed by atoms with Gasteiger partial charge in [0.1, 0.15) is 5.75 Å². The highest BCUT2D eigenvalue weighted by molar-refractivity contribution is 9.10. The van der Waals surface area contributed by atoms with Gasteiger partial charge in [-0.25, -0.2) is 8.78 Å². The van der Waals surface area contributed by atoms with Crippen LogP contribution < -0.4 is 10.1 Å². The molecule has 0 saturated carbocycles. The Kier molecular flexibility index (Phi) is 3.41. The summed E-state index contributed by atoms with van der Waals surface area (Å²) in [6, 6.07) is 1.09. The molecule has 0 spiro atoms. The van der Waals surface area contributed by atoms with Crippen molar-refractivity contribution in [1.82, 2.24) is 5.32 Å². The summed E-state index contributed by atoms with van der Waals surface area (Å²) in [5, 5.41) is 3.21. The van der Waals surface area contributed by atoms with E-state index in [1.54, 1.807) is 0 Å². The Bertz CT molecular complexity index is 445. The van der Waals surface area contributed by atoms with Gasteiger partial charge in [-0.3, -0.25) is 0 Å². The predicted molar refractivity (Wildman–Crippen MR) is 65.2 cm³/mol. The minimum Gasteiger partial charge on any atom is -0.495 e. The van der Waals surface area contributed by atoms with Crippen molar-refractivity contribution in [3.8, 4) is 5.75 Å². The van der Waals surface area contributed by atoms with Gasteiger partial charge in [-0.1, -0.05) is 0 Å². The highest BCUT2D eigenvalue weighted by atomic mass is 79.9. The van der Waals surface area contributed by atoms with Crippen molar-refractivity contribution in [2.24, 2.45) is 0 Å². The van der Waals surface area contributed by atoms with Crippen molar-refractivity contribution in [1.29, 1.82) is 0 Å². The predicted octanol–water partition coefficient (Wildman–Crippen LogP) is 3.33. The lowest BCUT2D eigenvalue weighted by Crippen LogP contribution is -2.35. The van der Waals surface area contributed by atoms with Crippen LogP contribution in [-0.2, 0) is 5.54 Å². The summed E-state index contributed by atoms with van der Waals surface area (Å²) in [7, 11) is 1.46. The number of hydrogen-bond acceptors (Lipinski definition) is 2. The maximum absolute atomic E-state index is 14.0. The first-order valence-electron chi connectivity index (χ1n) is 5.46. The minimum atomic E-state index is -0.859. The maximum Gasteiger partial charge on any atom is 0.167 e. The third-order valence-electron chi connectivity index (χ3n) is 3.25. The van der Waals surface area contributed by atoms with Gasteiger partial charge in [0.05, 0.1) is 17.1 Å². The number of hydrogen-bond donors (Lipinski definition) is 1. The lowest BCUT2D eigenvalue weighted by Gasteiger charge is -2.28. The molecular weight excluding hydrogens is 292 g/mol. The molecule has 0 amide bonds. The number of halogens is 3. The number of rotatable bonds is 2. The summed E-state index contributed by atoms with van der Waals surface area (Å²) in [5.41, 5.74) is -0.301. The fourth-order valence-corrected chi connectivity index (χ4v) is 2.94. The summed E-state index contributed by atoms with van der Waals surface area (Å²) in [6.07, 6.45) is 1.70. The average Bonchev–Trinajstić information content (AvgIpc) is 2.71. The van der Waals surface area contributed by atoms with E-state index >= 15 is 0 Å². The third-order valence-corrected chi connectivity index (χ3v) is 3.84. The number of benzene rings is 1. The number of methoxy groups -OCH3 is 1. The second kappa shape index (κ2) is 4.53. The highest BCUT2D eigenvalue weighted by Crippen LogP contribution is 2.42. The molecule has 1 unspecified atom stereocenters. The topological polar surface area (TPSA) is 21.3 Å². The molecule has 1 saturated heterocycles. The van der Waals surface area contributed by atoms with Gasteiger partial charge in [0.15, 0.2) is 11.6 Å². The van der Waals surface area contributed by atoms with E-state index in [2.05, 4.69) is 21.2 Å². The highest BCUT2D eigenvalue weighted by Gasteiger charge is 2.37. The second-order valence-electron chi connectivity index (χ2n) is 4.42. The Labute approximate surface area is 107 Å². The van der Waals surface area contributed by atoms with Crippen molar-refractivity contribution in [3.63, 3.8) is 0 Å². The molecule has 94 valence electrons. The molecule has 1 aliphatic heterocycles. The van der Waals surface area contributed by atoms with Crippen LogP contribution >= 0.6 is 15.9 Å². The van der Waals surface area contributed by atoms with Crippen LogP contribution in [0.3, 0.4) is 0 Å². The van der Waals surface area contributed by atoms with Crippen LogP contribution in [0.2, 0.25) is 0 Å². The molecule has 1 atom stereocenters. The van der Waals surface area contributed by atoms with Crippen LogP contribution in [0.1, 0.15) is 25.3 Å². The minimum absolute atomic E-state index is 0.268. The zero-order chi connectivity index (χ0) is 12.6. The van der Waals surface area contributed by atoms with Crippen LogP contribution in [-0.4, -0.2) is 13.7 Å². The van der Waals surface area contributed by atoms with Gasteiger partial charge in [0, 0.05) is 5.54 Å². The van der Waals surface area contributed by atoms with E-state index in [9.17, 15) is 8.78 Å². The fraction of sp³-hybridized carbons (Fsp3) is 0.500. The number of nitrogens with one attached hydrogen (secondary N) is 1. The first kappa shape index (κ1) is 12.8. The van der Waals surface area contributed by atoms with Crippen LogP contribution in [0.15, 0.2) is 10.5 Å². The lowest BCUT2D eigenvalue weighted by molar-refractivity contribution is 0.345. The second-order valence-corrected chi connectivity index (χ2v) is 5.28. The Balaban J connectivity index is 2.65. The van der Waals surface area contributed by atoms with Crippen LogP contribution in [0.4, 0.5) is 8.78 Å². The van der Waals surface area contributed by atoms with Gasteiger partial charge in [-0.05, 0) is 48.3 Å². The zero-order valence-corrected chi connectivity index (χ0v) is 11.3. The maximum atomic E-state index is 14.0. The monoisotopic (exact) mass is 305 g/mol. The van der Waals surface area contributed by atoms with E-state index in [0.29, 0.717) is 10.2 Å². The Morgan fingerprint density at radius 2 is 2.18 bits per heavy atom. The first-order chi connectivity index (χ1) is 7.99. The molecule has 2 rings (SSSR count). The van der Waals surface area contributed by atoms with Crippen molar-refractivity contribution in [2.45, 2.75) is 25.3 Å². The molecule has 1 aliphatic rings. The van der Waals surface area contributed by atoms with Gasteiger partial charge in [0.2, 0.25) is 0 Å². The van der Waals surface area contributed by atoms with Crippen LogP contribution in [0.5, 0.6) is 5.75 Å². The van der Waals surface area contributed by atoms with E-state index in [4.69, 9.17) is 4.74 Å². The van der Waals surface area contributed by atoms with Crippen LogP contribution in [0, 0.1) is 11.6 Å². The quantitative estimate of drug-likeness (QED) is 0.846. The molecule has 0 aromatic heterocycles. The molecule has 5 heteroatoms. The fourth-order valence-electron chi connectivity index (χ4n) is 2.38. The molecule has 2 nitrogen and oxygen atoms in total. The van der Waals surface area contributed by atoms with E-state index < -0.39 is 17.2 Å². The van der Waals surface area contributed by atoms with Gasteiger partial charge in [-0.15, -0.1) is 0 Å². The molecule has 0 aliphatic carbocycles. The van der Waals surface area contributed by atoms with Crippen molar-refractivity contribution < 1.29 is 13.5 Å². The average molecular weight is 306 g/mol. The van der Waals surface area contributed by atoms with Crippen LogP contribution in [0.25, 0.3) is 0 Å². The summed E-state index contributed by atoms with van der Waals surface area (Å²) in [4.78, 5) is 0. The lowest BCUT2D eigenvalue weighted by atomic mass is 9.89. The summed E-state index contributed by atoms with van der Waals surface area (Å²) in [5.74, 6) is -1.33. The Morgan fingerprint density at radius 3 is 2.71 bits per heavy atom. The van der Waals surface area contributed by atoms with Crippen molar-refractivity contribution >= 4 is 15.9 Å². The molecular formula is C12H14BrF2NO. The molecule has 0 bridgehead atoms. The molecule has 1 aromatic rings. The normalized spacial score (nSPS) is 24.1. The molecule has 1 N–H and O–H groups in total. The standard InChI is InChI=1S/C12H14BrF2NO/c1-12(4-3-5-16-12)9-10(15)8(14)6-7(13)11(9)17-2/h6,16H,3-5H2,1-2H3. The zero-order valence-electron chi connectivity index (χ0n) is 9.74.